The topological polar surface area (TPSA) is 383 Å². The maximum absolute atomic E-state index is 14.9. The number of carbonyl (C=O) groups is 4. The lowest BCUT2D eigenvalue weighted by Gasteiger charge is -2.23. The fraction of sp³-hybridized carbons (Fsp3) is 0.320. The number of hydrogen-bond donors (Lipinski definition) is 3. The highest BCUT2D eigenvalue weighted by Crippen LogP contribution is 2.40. The highest BCUT2D eigenvalue weighted by atomic mass is 32.2. The number of sulfonamides is 4. The molecule has 6 aromatic heterocycles. The van der Waals surface area contributed by atoms with E-state index < -0.39 is 226 Å². The second-order valence-electron chi connectivity index (χ2n) is 35.3. The molecule has 10 heterocycles. The van der Waals surface area contributed by atoms with E-state index in [2.05, 4.69) is 65.8 Å². The fourth-order valence-electron chi connectivity index (χ4n) is 16.0. The Bertz CT molecular complexity index is 7320. The summed E-state index contributed by atoms with van der Waals surface area (Å²) in [4.78, 5) is 88.8. The van der Waals surface area contributed by atoms with Crippen LogP contribution in [0.1, 0.15) is 118 Å². The number of aromatic nitrogens is 10. The van der Waals surface area contributed by atoms with Crippen molar-refractivity contribution in [2.45, 2.75) is 191 Å². The van der Waals surface area contributed by atoms with Crippen molar-refractivity contribution in [3.63, 3.8) is 0 Å². The van der Waals surface area contributed by atoms with E-state index in [0.29, 0.717) is 88.0 Å². The summed E-state index contributed by atoms with van der Waals surface area (Å²) in [6, 6.07) is 24.9. The van der Waals surface area contributed by atoms with Gasteiger partial charge in [-0.3, -0.25) is 39.1 Å². The molecule has 29 nitrogen and oxygen atoms in total. The Morgan fingerprint density at radius 3 is 1.16 bits per heavy atom. The molecular weight excluding hydrogens is 2070 g/mol. The third kappa shape index (κ3) is 27.7. The minimum Gasteiger partial charge on any atom is -0.351 e. The molecule has 4 saturated heterocycles. The number of benzene rings is 6. The van der Waals surface area contributed by atoms with E-state index >= 15 is 0 Å². The lowest BCUT2D eigenvalue weighted by atomic mass is 9.97. The van der Waals surface area contributed by atoms with E-state index in [1.807, 2.05) is 0 Å². The van der Waals surface area contributed by atoms with Gasteiger partial charge in [-0.1, -0.05) is 6.07 Å². The van der Waals surface area contributed by atoms with Crippen molar-refractivity contribution in [2.75, 3.05) is 26.2 Å². The first kappa shape index (κ1) is 112. The van der Waals surface area contributed by atoms with Crippen LogP contribution in [0.4, 0.5) is 79.0 Å². The zero-order valence-corrected chi connectivity index (χ0v) is 81.8. The number of carbonyl (C=O) groups excluding carboxylic acids is 4. The Balaban J connectivity index is 0.000000165. The van der Waals surface area contributed by atoms with Crippen LogP contribution in [-0.2, 0) is 109 Å². The molecule has 0 radical (unpaired) electrons. The Morgan fingerprint density at radius 2 is 0.764 bits per heavy atom. The smallest absolute Gasteiger partial charge is 0.303 e. The fourth-order valence-corrected chi connectivity index (χ4v) is 22.6. The van der Waals surface area contributed by atoms with Crippen molar-refractivity contribution in [1.29, 1.82) is 0 Å². The number of hydrogen-bond acceptors (Lipinski definition) is 22. The summed E-state index contributed by atoms with van der Waals surface area (Å²) in [5.41, 5.74) is 2.40. The maximum atomic E-state index is 14.9. The predicted molar refractivity (Wildman–Crippen MR) is 496 cm³/mol. The first-order valence-corrected chi connectivity index (χ1v) is 50.5. The Hall–Kier alpha value is -13.6. The summed E-state index contributed by atoms with van der Waals surface area (Å²) in [6.45, 7) is 2.95. The molecule has 8 atom stereocenters. The molecule has 12 aromatic rings. The van der Waals surface area contributed by atoms with E-state index in [-0.39, 0.29) is 88.1 Å². The third-order valence-corrected chi connectivity index (χ3v) is 30.9. The molecule has 0 saturated carbocycles. The molecule has 3 N–H and O–H groups in total. The first-order chi connectivity index (χ1) is 69.3. The number of rotatable bonds is 29. The van der Waals surface area contributed by atoms with Gasteiger partial charge in [0.1, 0.15) is 82.9 Å². The lowest BCUT2D eigenvalue weighted by Crippen LogP contribution is -2.45. The molecule has 51 heteroatoms. The number of Topliss-reactive ketones (excluding diaryl/α,β-unsaturated/α-hetero) is 1. The average Bonchev–Trinajstić information content (AvgIpc) is 1.61. The largest absolute Gasteiger partial charge is 0.351 e. The second kappa shape index (κ2) is 45.2. The van der Waals surface area contributed by atoms with Crippen molar-refractivity contribution >= 4 is 63.6 Å². The minimum absolute atomic E-state index is 0.000264. The second-order valence-corrected chi connectivity index (χ2v) is 42.9. The van der Waals surface area contributed by atoms with E-state index in [4.69, 9.17) is 0 Å². The molecular formula is C97H89F18N17O12S4. The zero-order valence-electron chi connectivity index (χ0n) is 78.5. The van der Waals surface area contributed by atoms with Crippen molar-refractivity contribution in [3.8, 4) is 44.6 Å². The molecule has 148 heavy (non-hydrogen) atoms. The standard InChI is InChI=1S/C26H24F5N3O3S.C24H21F5N4O3S.C24H23F4N5O3S.C23H21F4N5O3S/c1-25(29)12-22(34(15-25)38(36,37)21-6-4-19(27)5-7-21)23(35)8-3-16-9-17(11-20(28)10-16)18-13-32-24(33-14-18)26(2,30)31;1-24(28,29)22-12-30-20(11-31-22)14-2-7-19(27)15(8-14)10-32-23(34)21-9-17(26)13-33(21)37(35,36)18-5-3-16(25)4-6-18;1-14-7-15(16-10-30-23(31-11-16)24(2,27)28)8-19(32-14)12-29-22(34)21-9-18(26)13-33(21)37(35,36)20-5-3-17(25)4-6-20;1-23(26,27)22-30-10-15(11-31-22)14-6-7-28-18(8-14)12-29-21(33)20-9-17(25)13-32(20)36(34,35)19-4-2-16(24)3-5-19/h4-7,9-11,13-14,22H,3,8,12,15H2,1-2H3;2-8,11-12,17,21H,9-10,13H2,1H3,(H,32,34);3-8,10-11,18,21H,9,12-13H2,1-2H3,(H,29,34);2-8,10-11,17,20H,9,12-13H2,1H3,(H,29,33)/t22-,25+;17-,21+;18-,21+;17-,20+/m0111/s1. The summed E-state index contributed by atoms with van der Waals surface area (Å²) in [5.74, 6) is -21.4. The molecule has 4 aliphatic heterocycles. The number of ketones is 1. The van der Waals surface area contributed by atoms with Crippen LogP contribution in [0, 0.1) is 41.8 Å². The van der Waals surface area contributed by atoms with Crippen molar-refractivity contribution < 1.29 is 132 Å². The average molecular weight is 2160 g/mol. The molecule has 3 amide bonds. The van der Waals surface area contributed by atoms with Gasteiger partial charge in [-0.2, -0.15) is 52.3 Å². The van der Waals surface area contributed by atoms with Crippen LogP contribution >= 0.6 is 0 Å². The third-order valence-electron chi connectivity index (χ3n) is 23.4. The van der Waals surface area contributed by atoms with E-state index in [1.165, 1.54) is 56.1 Å². The highest BCUT2D eigenvalue weighted by molar-refractivity contribution is 7.90. The number of halogens is 18. The van der Waals surface area contributed by atoms with Crippen LogP contribution in [0.3, 0.4) is 0 Å². The molecule has 0 spiro atoms. The summed E-state index contributed by atoms with van der Waals surface area (Å²) in [7, 11) is -17.1. The van der Waals surface area contributed by atoms with Gasteiger partial charge in [-0.15, -0.1) is 0 Å². The van der Waals surface area contributed by atoms with Crippen LogP contribution in [0.25, 0.3) is 44.6 Å². The minimum atomic E-state index is -4.31. The van der Waals surface area contributed by atoms with Gasteiger partial charge in [0.25, 0.3) is 5.92 Å². The quantitative estimate of drug-likeness (QED) is 0.0367. The number of nitrogens with one attached hydrogen (secondary N) is 3. The Kier molecular flexibility index (Phi) is 34.1. The lowest BCUT2D eigenvalue weighted by molar-refractivity contribution is -0.125. The van der Waals surface area contributed by atoms with Gasteiger partial charge in [-0.25, -0.2) is 107 Å². The van der Waals surface area contributed by atoms with Crippen molar-refractivity contribution in [3.05, 3.63) is 300 Å². The van der Waals surface area contributed by atoms with E-state index in [1.54, 1.807) is 37.3 Å². The van der Waals surface area contributed by atoms with Crippen LogP contribution in [0.15, 0.2) is 233 Å². The molecule has 0 aliphatic carbocycles. The molecule has 4 aliphatic rings. The maximum Gasteiger partial charge on any atom is 0.303 e. The van der Waals surface area contributed by atoms with Gasteiger partial charge >= 0.3 is 17.8 Å². The number of amides is 3. The highest BCUT2D eigenvalue weighted by Gasteiger charge is 2.51. The summed E-state index contributed by atoms with van der Waals surface area (Å²) >= 11 is 0. The number of aryl methyl sites for hydroxylation is 2. The van der Waals surface area contributed by atoms with Crippen LogP contribution < -0.4 is 16.0 Å². The van der Waals surface area contributed by atoms with Gasteiger partial charge < -0.3 is 16.0 Å². The van der Waals surface area contributed by atoms with Gasteiger partial charge in [0.2, 0.25) is 57.8 Å². The van der Waals surface area contributed by atoms with Crippen molar-refractivity contribution in [1.82, 2.24) is 83.0 Å². The van der Waals surface area contributed by atoms with Gasteiger partial charge in [0.15, 0.2) is 23.3 Å². The SMILES string of the molecule is CC(F)(F)c1cnc(-c2ccc(F)c(CNC(=O)[C@@H]3C[C@@H](F)CN3S(=O)(=O)c3ccc(F)cc3)c2)cn1.CC(F)(F)c1ncc(-c2cc(F)cc(CCC(=O)[C@@H]3C[C@@](C)(F)CN3S(=O)(=O)c3ccc(F)cc3)c2)cn1.CC(F)(F)c1ncc(-c2ccnc(CNC(=O)[C@@H]3C[C@@H](F)CN3S(=O)(=O)c3ccc(F)cc3)c2)cn1.Cc1cc(-c2cnc(C(C)(F)F)nc2)cc(CNC(=O)[C@@H]2C[C@@H](F)CN2S(=O)(=O)c2ccc(F)cc2)n1. The summed E-state index contributed by atoms with van der Waals surface area (Å²) < 4.78 is 353. The van der Waals surface area contributed by atoms with Gasteiger partial charge in [0.05, 0.1) is 68.2 Å². The molecule has 4 fully saturated rings. The molecule has 0 bridgehead atoms. The summed E-state index contributed by atoms with van der Waals surface area (Å²) in [6.07, 6.45) is 4.44. The van der Waals surface area contributed by atoms with Gasteiger partial charge in [0, 0.05) is 169 Å². The summed E-state index contributed by atoms with van der Waals surface area (Å²) in [5, 5.41) is 7.59. The first-order valence-electron chi connectivity index (χ1n) is 44.7. The molecule has 0 unspecified atom stereocenters. The van der Waals surface area contributed by atoms with Crippen LogP contribution in [0.2, 0.25) is 0 Å². The molecule has 784 valence electrons. The van der Waals surface area contributed by atoms with E-state index in [9.17, 15) is 132 Å². The monoisotopic (exact) mass is 2150 g/mol. The normalized spacial score (nSPS) is 19.2. The molecule has 6 aromatic carbocycles. The van der Waals surface area contributed by atoms with Crippen LogP contribution in [0.5, 0.6) is 0 Å². The number of alkyl halides is 12. The van der Waals surface area contributed by atoms with Crippen molar-refractivity contribution in [2.24, 2.45) is 0 Å². The molecule has 16 rings (SSSR count). The number of nitrogens with zero attached hydrogens (tertiary/aromatic N) is 14. The van der Waals surface area contributed by atoms with Gasteiger partial charge in [-0.05, 0) is 194 Å². The number of pyridine rings is 2. The Labute approximate surface area is 835 Å². The predicted octanol–water partition coefficient (Wildman–Crippen LogP) is 15.9. The zero-order chi connectivity index (χ0) is 108. The Morgan fingerprint density at radius 1 is 0.385 bits per heavy atom. The van der Waals surface area contributed by atoms with Crippen LogP contribution in [-0.4, -0.2) is 199 Å². The van der Waals surface area contributed by atoms with E-state index in [0.717, 1.165) is 147 Å².